The number of fused-ring (bicyclic) bond motifs is 1. The minimum absolute atomic E-state index is 0.259. The zero-order chi connectivity index (χ0) is 18.6. The summed E-state index contributed by atoms with van der Waals surface area (Å²) in [7, 11) is 0. The molecule has 0 radical (unpaired) electrons. The third-order valence-electron chi connectivity index (χ3n) is 3.92. The number of aryl methyl sites for hydroxylation is 1. The van der Waals surface area contributed by atoms with Crippen molar-refractivity contribution in [1.82, 2.24) is 15.3 Å². The van der Waals surface area contributed by atoms with E-state index in [1.807, 2.05) is 55.5 Å². The largest absolute Gasteiger partial charge is 0.447 e. The van der Waals surface area contributed by atoms with Gasteiger partial charge < -0.3 is 14.2 Å². The Hall–Kier alpha value is -3.06. The fourth-order valence-corrected chi connectivity index (χ4v) is 3.24. The number of hydrogen-bond acceptors (Lipinski definition) is 6. The van der Waals surface area contributed by atoms with E-state index in [-0.39, 0.29) is 11.6 Å². The van der Waals surface area contributed by atoms with Gasteiger partial charge in [-0.1, -0.05) is 48.2 Å². The smallest absolute Gasteiger partial charge is 0.273 e. The van der Waals surface area contributed by atoms with Gasteiger partial charge >= 0.3 is 0 Å². The third-order valence-corrected chi connectivity index (χ3v) is 4.74. The van der Waals surface area contributed by atoms with Gasteiger partial charge in [0.1, 0.15) is 11.8 Å². The van der Waals surface area contributed by atoms with E-state index < -0.39 is 0 Å². The molecule has 0 bridgehead atoms. The van der Waals surface area contributed by atoms with Gasteiger partial charge in [0, 0.05) is 6.54 Å². The Bertz CT molecular complexity index is 1070. The van der Waals surface area contributed by atoms with Crippen molar-refractivity contribution in [2.45, 2.75) is 24.4 Å². The van der Waals surface area contributed by atoms with Crippen LogP contribution in [0.15, 0.2) is 68.9 Å². The van der Waals surface area contributed by atoms with Crippen molar-refractivity contribution in [2.24, 2.45) is 0 Å². The predicted octanol–water partition coefficient (Wildman–Crippen LogP) is 4.35. The second kappa shape index (κ2) is 7.67. The minimum Gasteiger partial charge on any atom is -0.447 e. The highest BCUT2D eigenvalue weighted by Crippen LogP contribution is 2.26. The summed E-state index contributed by atoms with van der Waals surface area (Å²) in [5.41, 5.74) is 3.99. The molecule has 1 N–H and O–H groups in total. The maximum Gasteiger partial charge on any atom is 0.273 e. The second-order valence-electron chi connectivity index (χ2n) is 6.03. The molecular weight excluding hydrogens is 362 g/mol. The first kappa shape index (κ1) is 17.4. The van der Waals surface area contributed by atoms with Crippen LogP contribution < -0.4 is 5.32 Å². The summed E-state index contributed by atoms with van der Waals surface area (Å²) in [5, 5.41) is 3.37. The maximum absolute atomic E-state index is 12.2. The van der Waals surface area contributed by atoms with Crippen molar-refractivity contribution in [3.05, 3.63) is 77.5 Å². The Morgan fingerprint density at radius 1 is 1.15 bits per heavy atom. The quantitative estimate of drug-likeness (QED) is 0.502. The van der Waals surface area contributed by atoms with Crippen LogP contribution in [0.4, 0.5) is 0 Å². The topological polar surface area (TPSA) is 81.2 Å². The van der Waals surface area contributed by atoms with E-state index in [0.29, 0.717) is 23.4 Å². The molecular formula is C20H17N3O3S. The highest BCUT2D eigenvalue weighted by molar-refractivity contribution is 7.98. The van der Waals surface area contributed by atoms with Gasteiger partial charge in [0.2, 0.25) is 5.89 Å². The van der Waals surface area contributed by atoms with Gasteiger partial charge in [0.15, 0.2) is 11.3 Å². The Labute approximate surface area is 160 Å². The van der Waals surface area contributed by atoms with E-state index in [1.54, 1.807) is 0 Å². The van der Waals surface area contributed by atoms with Crippen molar-refractivity contribution in [1.29, 1.82) is 0 Å². The summed E-state index contributed by atoms with van der Waals surface area (Å²) in [6, 6.07) is 15.6. The summed E-state index contributed by atoms with van der Waals surface area (Å²) in [4.78, 5) is 20.9. The summed E-state index contributed by atoms with van der Waals surface area (Å²) in [5.74, 6) is 0.608. The van der Waals surface area contributed by atoms with Gasteiger partial charge in [0.25, 0.3) is 11.1 Å². The standard InChI is InChI=1S/C20H17N3O3S/c1-13-7-8-17-15(9-13)23-20(26-17)27-12-18-22-16(11-25-18)19(24)21-10-14-5-3-2-4-6-14/h2-9,11H,10,12H2,1H3,(H,21,24). The van der Waals surface area contributed by atoms with Crippen LogP contribution in [0.1, 0.15) is 27.5 Å². The van der Waals surface area contributed by atoms with Gasteiger partial charge in [-0.15, -0.1) is 0 Å². The Morgan fingerprint density at radius 2 is 2.00 bits per heavy atom. The molecule has 0 saturated heterocycles. The van der Waals surface area contributed by atoms with Crippen LogP contribution in [-0.4, -0.2) is 15.9 Å². The zero-order valence-electron chi connectivity index (χ0n) is 14.6. The molecule has 4 rings (SSSR count). The molecule has 0 aliphatic heterocycles. The number of carbonyl (C=O) groups excluding carboxylic acids is 1. The molecule has 1 amide bonds. The van der Waals surface area contributed by atoms with Crippen LogP contribution in [-0.2, 0) is 12.3 Å². The molecule has 2 aromatic heterocycles. The minimum atomic E-state index is -0.267. The van der Waals surface area contributed by atoms with Crippen molar-refractivity contribution >= 4 is 28.8 Å². The first-order valence-electron chi connectivity index (χ1n) is 8.44. The molecule has 0 saturated carbocycles. The summed E-state index contributed by atoms with van der Waals surface area (Å²) < 4.78 is 11.1. The van der Waals surface area contributed by atoms with Crippen LogP contribution in [0, 0.1) is 6.92 Å². The normalized spacial score (nSPS) is 11.0. The zero-order valence-corrected chi connectivity index (χ0v) is 15.5. The molecule has 0 atom stereocenters. The number of carbonyl (C=O) groups is 1. The van der Waals surface area contributed by atoms with Crippen LogP contribution in [0.2, 0.25) is 0 Å². The van der Waals surface area contributed by atoms with E-state index in [9.17, 15) is 4.79 Å². The molecule has 0 spiro atoms. The fourth-order valence-electron chi connectivity index (χ4n) is 2.55. The molecule has 0 aliphatic carbocycles. The molecule has 27 heavy (non-hydrogen) atoms. The Kier molecular flexibility index (Phi) is 4.93. The van der Waals surface area contributed by atoms with Crippen molar-refractivity contribution in [3.63, 3.8) is 0 Å². The lowest BCUT2D eigenvalue weighted by molar-refractivity contribution is 0.0946. The monoisotopic (exact) mass is 379 g/mol. The van der Waals surface area contributed by atoms with Gasteiger partial charge in [0.05, 0.1) is 5.75 Å². The van der Waals surface area contributed by atoms with Gasteiger partial charge in [-0.3, -0.25) is 4.79 Å². The van der Waals surface area contributed by atoms with Crippen LogP contribution in [0.25, 0.3) is 11.1 Å². The van der Waals surface area contributed by atoms with E-state index in [2.05, 4.69) is 15.3 Å². The highest BCUT2D eigenvalue weighted by Gasteiger charge is 2.14. The summed E-state index contributed by atoms with van der Waals surface area (Å²) in [6.45, 7) is 2.46. The maximum atomic E-state index is 12.2. The van der Waals surface area contributed by atoms with Crippen molar-refractivity contribution in [3.8, 4) is 0 Å². The van der Waals surface area contributed by atoms with Crippen LogP contribution >= 0.6 is 11.8 Å². The molecule has 2 heterocycles. The summed E-state index contributed by atoms with van der Waals surface area (Å²) in [6.07, 6.45) is 1.37. The first-order valence-corrected chi connectivity index (χ1v) is 9.42. The molecule has 7 heteroatoms. The van der Waals surface area contributed by atoms with Gasteiger partial charge in [-0.25, -0.2) is 9.97 Å². The average molecular weight is 379 g/mol. The Balaban J connectivity index is 1.35. The molecule has 136 valence electrons. The van der Waals surface area contributed by atoms with Crippen LogP contribution in [0.3, 0.4) is 0 Å². The summed E-state index contributed by atoms with van der Waals surface area (Å²) >= 11 is 1.37. The molecule has 0 fully saturated rings. The fraction of sp³-hybridized carbons (Fsp3) is 0.150. The number of nitrogens with one attached hydrogen (secondary N) is 1. The van der Waals surface area contributed by atoms with E-state index >= 15 is 0 Å². The molecule has 6 nitrogen and oxygen atoms in total. The van der Waals surface area contributed by atoms with Gasteiger partial charge in [-0.2, -0.15) is 0 Å². The van der Waals surface area contributed by atoms with Gasteiger partial charge in [-0.05, 0) is 30.2 Å². The number of aromatic nitrogens is 2. The number of nitrogens with zero attached hydrogens (tertiary/aromatic N) is 2. The van der Waals surface area contributed by atoms with E-state index in [4.69, 9.17) is 8.83 Å². The van der Waals surface area contributed by atoms with E-state index in [1.165, 1.54) is 18.0 Å². The average Bonchev–Trinajstić information content (AvgIpc) is 3.31. The number of rotatable bonds is 6. The van der Waals surface area contributed by atoms with Crippen LogP contribution in [0.5, 0.6) is 0 Å². The third kappa shape index (κ3) is 4.20. The van der Waals surface area contributed by atoms with Crippen molar-refractivity contribution in [2.75, 3.05) is 0 Å². The Morgan fingerprint density at radius 3 is 2.85 bits per heavy atom. The number of oxazole rings is 2. The lowest BCUT2D eigenvalue weighted by atomic mass is 10.2. The van der Waals surface area contributed by atoms with Crippen molar-refractivity contribution < 1.29 is 13.6 Å². The first-order chi connectivity index (χ1) is 13.2. The molecule has 2 aromatic carbocycles. The second-order valence-corrected chi connectivity index (χ2v) is 6.96. The number of hydrogen-bond donors (Lipinski definition) is 1. The number of benzene rings is 2. The van der Waals surface area contributed by atoms with E-state index in [0.717, 1.165) is 22.2 Å². The predicted molar refractivity (Wildman–Crippen MR) is 102 cm³/mol. The SMILES string of the molecule is Cc1ccc2oc(SCc3nc(C(=O)NCc4ccccc4)co3)nc2c1. The lowest BCUT2D eigenvalue weighted by Gasteiger charge is -2.02. The molecule has 0 unspecified atom stereocenters. The molecule has 4 aromatic rings. The number of thioether (sulfide) groups is 1. The molecule has 0 aliphatic rings. The lowest BCUT2D eigenvalue weighted by Crippen LogP contribution is -2.23. The number of amides is 1. The highest BCUT2D eigenvalue weighted by atomic mass is 32.2.